The van der Waals surface area contributed by atoms with E-state index in [1.165, 1.54) is 4.90 Å². The third kappa shape index (κ3) is 6.93. The van der Waals surface area contributed by atoms with Gasteiger partial charge in [-0.2, -0.15) is 4.98 Å². The number of rotatable bonds is 7. The Morgan fingerprint density at radius 3 is 2.47 bits per heavy atom. The SMILES string of the molecule is CC[NH+](CCO)CCCn1c2nc(=O)[nH]c(=O)c-2nc2c(Cl)c(Cl)ccc21.O=S(=O)([O-])O. The Kier molecular flexibility index (Phi) is 9.09. The van der Waals surface area contributed by atoms with Gasteiger partial charge in [-0.3, -0.25) is 14.3 Å². The predicted octanol–water partition coefficient (Wildman–Crippen LogP) is -0.817. The lowest BCUT2D eigenvalue weighted by Gasteiger charge is -2.20. The van der Waals surface area contributed by atoms with Crippen LogP contribution in [0.2, 0.25) is 10.0 Å². The van der Waals surface area contributed by atoms with Crippen LogP contribution in [0.1, 0.15) is 13.3 Å². The molecule has 0 radical (unpaired) electrons. The summed E-state index contributed by atoms with van der Waals surface area (Å²) in [7, 11) is -4.92. The number of aromatic amines is 1. The first-order valence-corrected chi connectivity index (χ1v) is 11.5. The fraction of sp³-hybridized carbons (Fsp3) is 0.412. The number of nitrogens with one attached hydrogen (secondary N) is 2. The van der Waals surface area contributed by atoms with Gasteiger partial charge in [0.05, 0.1) is 35.3 Å². The zero-order valence-corrected chi connectivity index (χ0v) is 19.2. The summed E-state index contributed by atoms with van der Waals surface area (Å²) in [5.41, 5.74) is -0.255. The molecule has 176 valence electrons. The van der Waals surface area contributed by atoms with Crippen molar-refractivity contribution in [3.8, 4) is 11.5 Å². The Morgan fingerprint density at radius 2 is 1.88 bits per heavy atom. The number of hydrogen-bond acceptors (Lipinski definition) is 8. The molecule has 0 spiro atoms. The second-order valence-electron chi connectivity index (χ2n) is 6.64. The molecule has 2 aliphatic heterocycles. The normalized spacial score (nSPS) is 12.6. The maximum absolute atomic E-state index is 12.2. The summed E-state index contributed by atoms with van der Waals surface area (Å²) < 4.78 is 34.6. The van der Waals surface area contributed by atoms with Crippen molar-refractivity contribution in [2.75, 3.05) is 26.2 Å². The minimum atomic E-state index is -4.92. The first-order chi connectivity index (χ1) is 15.0. The molecule has 1 unspecified atom stereocenters. The Labute approximate surface area is 192 Å². The molecule has 3 rings (SSSR count). The number of aryl methyl sites for hydroxylation is 1. The van der Waals surface area contributed by atoms with Gasteiger partial charge in [0.25, 0.3) is 5.56 Å². The van der Waals surface area contributed by atoms with Gasteiger partial charge in [0, 0.05) is 13.0 Å². The average Bonchev–Trinajstić information content (AvgIpc) is 2.69. The van der Waals surface area contributed by atoms with Gasteiger partial charge in [-0.25, -0.2) is 18.2 Å². The lowest BCUT2D eigenvalue weighted by atomic mass is 10.2. The summed E-state index contributed by atoms with van der Waals surface area (Å²) in [4.78, 5) is 35.6. The molecule has 1 atom stereocenters. The minimum absolute atomic E-state index is 0.0429. The van der Waals surface area contributed by atoms with E-state index in [0.29, 0.717) is 29.1 Å². The van der Waals surface area contributed by atoms with E-state index in [9.17, 15) is 9.59 Å². The van der Waals surface area contributed by atoms with Crippen molar-refractivity contribution in [3.05, 3.63) is 43.0 Å². The highest BCUT2D eigenvalue weighted by Crippen LogP contribution is 2.31. The van der Waals surface area contributed by atoms with E-state index in [4.69, 9.17) is 45.8 Å². The first kappa shape index (κ1) is 26.1. The van der Waals surface area contributed by atoms with Gasteiger partial charge in [0.1, 0.15) is 12.1 Å². The monoisotopic (exact) mass is 509 g/mol. The van der Waals surface area contributed by atoms with Gasteiger partial charge in [-0.05, 0) is 19.1 Å². The van der Waals surface area contributed by atoms with Crippen molar-refractivity contribution in [3.63, 3.8) is 0 Å². The highest BCUT2D eigenvalue weighted by molar-refractivity contribution is 7.79. The summed E-state index contributed by atoms with van der Waals surface area (Å²) in [5.74, 6) is 0.217. The van der Waals surface area contributed by atoms with Crippen LogP contribution in [0.15, 0.2) is 21.7 Å². The third-order valence-electron chi connectivity index (χ3n) is 4.55. The zero-order chi connectivity index (χ0) is 24.1. The van der Waals surface area contributed by atoms with Crippen molar-refractivity contribution in [2.45, 2.75) is 19.9 Å². The van der Waals surface area contributed by atoms with Crippen LogP contribution >= 0.6 is 23.2 Å². The maximum Gasteiger partial charge on any atom is 0.349 e. The zero-order valence-electron chi connectivity index (χ0n) is 16.8. The molecule has 0 fully saturated rings. The number of hydrogen-bond donors (Lipinski definition) is 4. The van der Waals surface area contributed by atoms with Crippen LogP contribution in [0.5, 0.6) is 0 Å². The molecule has 1 aromatic rings. The summed E-state index contributed by atoms with van der Waals surface area (Å²) in [6.07, 6.45) is 0.755. The van der Waals surface area contributed by atoms with Crippen molar-refractivity contribution >= 4 is 44.6 Å². The Bertz CT molecular complexity index is 1270. The summed E-state index contributed by atoms with van der Waals surface area (Å²) in [6.45, 7) is 5.09. The number of benzene rings is 1. The Balaban J connectivity index is 0.000000654. The first-order valence-electron chi connectivity index (χ1n) is 9.37. The quantitative estimate of drug-likeness (QED) is 0.179. The minimum Gasteiger partial charge on any atom is -0.726 e. The molecule has 32 heavy (non-hydrogen) atoms. The molecule has 15 heteroatoms. The Hall–Kier alpha value is -2.13. The van der Waals surface area contributed by atoms with Crippen LogP contribution in [-0.4, -0.2) is 68.4 Å². The van der Waals surface area contributed by atoms with Gasteiger partial charge in [0.2, 0.25) is 10.4 Å². The van der Waals surface area contributed by atoms with Crippen LogP contribution in [0.4, 0.5) is 0 Å². The molecule has 12 nitrogen and oxygen atoms in total. The number of fused-ring (bicyclic) bond motifs is 2. The van der Waals surface area contributed by atoms with Gasteiger partial charge < -0.3 is 19.1 Å². The van der Waals surface area contributed by atoms with Crippen LogP contribution in [0, 0.1) is 0 Å². The van der Waals surface area contributed by atoms with E-state index >= 15 is 0 Å². The van der Waals surface area contributed by atoms with Crippen molar-refractivity contribution < 1.29 is 27.5 Å². The van der Waals surface area contributed by atoms with E-state index < -0.39 is 21.6 Å². The average molecular weight is 510 g/mol. The highest BCUT2D eigenvalue weighted by Gasteiger charge is 2.21. The summed E-state index contributed by atoms with van der Waals surface area (Å²) in [6, 6.07) is 3.40. The van der Waals surface area contributed by atoms with Crippen LogP contribution < -0.4 is 16.1 Å². The van der Waals surface area contributed by atoms with E-state index in [1.54, 1.807) is 16.7 Å². The van der Waals surface area contributed by atoms with Crippen molar-refractivity contribution in [2.24, 2.45) is 0 Å². The topological polar surface area (TPSA) is 183 Å². The van der Waals surface area contributed by atoms with E-state index in [2.05, 4.69) is 21.9 Å². The third-order valence-corrected chi connectivity index (χ3v) is 5.34. The summed E-state index contributed by atoms with van der Waals surface area (Å²) in [5, 5.41) is 9.72. The number of H-pyrrole nitrogens is 1. The fourth-order valence-corrected chi connectivity index (χ4v) is 3.51. The molecule has 2 aliphatic rings. The number of aliphatic hydroxyl groups is 1. The number of nitrogens with zero attached hydrogens (tertiary/aromatic N) is 3. The van der Waals surface area contributed by atoms with E-state index in [1.807, 2.05) is 0 Å². The number of aliphatic hydroxyl groups excluding tert-OH is 1. The second kappa shape index (κ2) is 11.1. The lowest BCUT2D eigenvalue weighted by molar-refractivity contribution is -0.898. The molecule has 0 saturated carbocycles. The van der Waals surface area contributed by atoms with Gasteiger partial charge in [-0.1, -0.05) is 23.2 Å². The number of quaternary nitrogens is 1. The predicted molar refractivity (Wildman–Crippen MR) is 116 cm³/mol. The van der Waals surface area contributed by atoms with E-state index in [-0.39, 0.29) is 23.1 Å². The number of aromatic nitrogens is 4. The molecule has 0 bridgehead atoms. The molecule has 1 aromatic carbocycles. The molecular formula is C17H21Cl2N5O7S. The van der Waals surface area contributed by atoms with Gasteiger partial charge >= 0.3 is 5.69 Å². The molecule has 0 amide bonds. The number of halogens is 2. The van der Waals surface area contributed by atoms with Crippen molar-refractivity contribution in [1.82, 2.24) is 19.5 Å². The fourth-order valence-electron chi connectivity index (χ4n) is 3.15. The van der Waals surface area contributed by atoms with E-state index in [0.717, 1.165) is 19.5 Å². The largest absolute Gasteiger partial charge is 0.726 e. The van der Waals surface area contributed by atoms with Gasteiger partial charge in [0.15, 0.2) is 11.5 Å². The molecule has 0 aromatic heterocycles. The molecule has 4 N–H and O–H groups in total. The smallest absolute Gasteiger partial charge is 0.349 e. The lowest BCUT2D eigenvalue weighted by Crippen LogP contribution is -3.12. The van der Waals surface area contributed by atoms with Crippen LogP contribution in [-0.2, 0) is 16.9 Å². The molecular weight excluding hydrogens is 489 g/mol. The van der Waals surface area contributed by atoms with Crippen molar-refractivity contribution in [1.29, 1.82) is 0 Å². The Morgan fingerprint density at radius 1 is 1.22 bits per heavy atom. The number of likely N-dealkylation sites (N-methyl/N-ethyl adjacent to an activating group) is 1. The van der Waals surface area contributed by atoms with Crippen LogP contribution in [0.3, 0.4) is 0 Å². The highest BCUT2D eigenvalue weighted by atomic mass is 35.5. The van der Waals surface area contributed by atoms with Crippen LogP contribution in [0.25, 0.3) is 22.6 Å². The molecule has 0 aliphatic carbocycles. The van der Waals surface area contributed by atoms with Gasteiger partial charge in [-0.15, -0.1) is 0 Å². The molecule has 0 saturated heterocycles. The standard InChI is InChI=1S/C17H19Cl2N5O3.H2O4S/c1-2-23(8-9-25)6-3-7-24-11-5-4-10(18)12(19)13(11)20-14-15(24)21-17(27)22-16(14)26;1-5(2,3)4/h4-5,25H,2-3,6-9H2,1H3,(H,22,26,27);(H2,1,2,3,4). The molecule has 2 heterocycles. The maximum atomic E-state index is 12.2. The summed E-state index contributed by atoms with van der Waals surface area (Å²) >= 11 is 12.4. The second-order valence-corrected chi connectivity index (χ2v) is 8.28.